The molecule has 0 unspecified atom stereocenters. The Balaban J connectivity index is 2.67. The minimum Gasteiger partial charge on any atom is -0.360 e. The van der Waals surface area contributed by atoms with Crippen molar-refractivity contribution >= 4 is 16.7 Å². The second-order valence-electron chi connectivity index (χ2n) is 3.17. The first kappa shape index (κ1) is 8.94. The van der Waals surface area contributed by atoms with Crippen molar-refractivity contribution in [1.82, 2.24) is 4.98 Å². The summed E-state index contributed by atoms with van der Waals surface area (Å²) in [5.74, 6) is -0.288. The van der Waals surface area contributed by atoms with Gasteiger partial charge in [-0.15, -0.1) is 0 Å². The van der Waals surface area contributed by atoms with Crippen LogP contribution >= 0.6 is 0 Å². The minimum atomic E-state index is -0.317. The molecule has 0 fully saturated rings. The topological polar surface area (TPSA) is 32.9 Å². The Hall–Kier alpha value is -1.64. The Kier molecular flexibility index (Phi) is 2.08. The molecule has 0 spiro atoms. The summed E-state index contributed by atoms with van der Waals surface area (Å²) in [4.78, 5) is 14.4. The summed E-state index contributed by atoms with van der Waals surface area (Å²) in [5, 5.41) is 0.664. The number of benzene rings is 1. The van der Waals surface area contributed by atoms with Gasteiger partial charge in [0.15, 0.2) is 5.78 Å². The van der Waals surface area contributed by atoms with E-state index in [0.717, 1.165) is 5.52 Å². The maximum absolute atomic E-state index is 12.9. The first-order valence-corrected chi connectivity index (χ1v) is 4.52. The zero-order chi connectivity index (χ0) is 10.1. The lowest BCUT2D eigenvalue weighted by Gasteiger charge is -1.95. The van der Waals surface area contributed by atoms with E-state index < -0.39 is 0 Å². The third kappa shape index (κ3) is 1.31. The number of rotatable bonds is 2. The molecule has 1 N–H and O–H groups in total. The van der Waals surface area contributed by atoms with Crippen molar-refractivity contribution in [3.63, 3.8) is 0 Å². The van der Waals surface area contributed by atoms with E-state index in [-0.39, 0.29) is 11.6 Å². The molecule has 0 atom stereocenters. The summed E-state index contributed by atoms with van der Waals surface area (Å²) in [6, 6.07) is 4.39. The van der Waals surface area contributed by atoms with E-state index in [2.05, 4.69) is 4.98 Å². The fourth-order valence-electron chi connectivity index (χ4n) is 1.51. The lowest BCUT2D eigenvalue weighted by molar-refractivity contribution is 0.0990. The molecule has 14 heavy (non-hydrogen) atoms. The number of halogens is 1. The number of fused-ring (bicyclic) bond motifs is 1. The molecule has 1 aromatic carbocycles. The highest BCUT2D eigenvalue weighted by atomic mass is 19.1. The monoisotopic (exact) mass is 191 g/mol. The molecule has 1 aromatic heterocycles. The number of hydrogen-bond donors (Lipinski definition) is 1. The number of nitrogens with one attached hydrogen (secondary N) is 1. The van der Waals surface area contributed by atoms with Crippen molar-refractivity contribution in [2.45, 2.75) is 13.3 Å². The van der Waals surface area contributed by atoms with Crippen LogP contribution in [0.25, 0.3) is 10.9 Å². The molecule has 2 aromatic rings. The zero-order valence-electron chi connectivity index (χ0n) is 7.80. The number of aromatic nitrogens is 1. The van der Waals surface area contributed by atoms with Gasteiger partial charge in [0.25, 0.3) is 0 Å². The highest BCUT2D eigenvalue weighted by Gasteiger charge is 2.10. The number of hydrogen-bond acceptors (Lipinski definition) is 1. The van der Waals surface area contributed by atoms with Gasteiger partial charge in [0.1, 0.15) is 5.82 Å². The molecule has 1 heterocycles. The molecule has 0 saturated heterocycles. The number of H-pyrrole nitrogens is 1. The van der Waals surface area contributed by atoms with Crippen molar-refractivity contribution in [3.05, 3.63) is 35.8 Å². The Labute approximate surface area is 80.7 Å². The summed E-state index contributed by atoms with van der Waals surface area (Å²) in [5.41, 5.74) is 1.37. The third-order valence-electron chi connectivity index (χ3n) is 2.27. The second-order valence-corrected chi connectivity index (χ2v) is 3.17. The molecule has 0 saturated carbocycles. The van der Waals surface area contributed by atoms with Gasteiger partial charge < -0.3 is 4.98 Å². The number of carbonyl (C=O) groups excluding carboxylic acids is 1. The number of carbonyl (C=O) groups is 1. The fourth-order valence-corrected chi connectivity index (χ4v) is 1.51. The van der Waals surface area contributed by atoms with E-state index in [0.29, 0.717) is 17.4 Å². The van der Waals surface area contributed by atoms with Crippen LogP contribution in [0.5, 0.6) is 0 Å². The van der Waals surface area contributed by atoms with Crippen molar-refractivity contribution < 1.29 is 9.18 Å². The van der Waals surface area contributed by atoms with Gasteiger partial charge in [0.05, 0.1) is 0 Å². The molecule has 0 aliphatic rings. The molecule has 2 rings (SSSR count). The second kappa shape index (κ2) is 3.25. The molecular formula is C11H10FNO. The van der Waals surface area contributed by atoms with Crippen LogP contribution in [0.2, 0.25) is 0 Å². The molecule has 72 valence electrons. The predicted octanol–water partition coefficient (Wildman–Crippen LogP) is 2.90. The molecule has 0 radical (unpaired) electrons. The SMILES string of the molecule is CCC(=O)c1c[nH]c2ccc(F)cc12. The highest BCUT2D eigenvalue weighted by Crippen LogP contribution is 2.20. The maximum Gasteiger partial charge on any atom is 0.164 e. The van der Waals surface area contributed by atoms with E-state index in [4.69, 9.17) is 0 Å². The van der Waals surface area contributed by atoms with Crippen LogP contribution in [0, 0.1) is 5.82 Å². The largest absolute Gasteiger partial charge is 0.360 e. The van der Waals surface area contributed by atoms with Crippen LogP contribution in [0.4, 0.5) is 4.39 Å². The van der Waals surface area contributed by atoms with Crippen LogP contribution in [0.3, 0.4) is 0 Å². The lowest BCUT2D eigenvalue weighted by Crippen LogP contribution is -1.94. The third-order valence-corrected chi connectivity index (χ3v) is 2.27. The van der Waals surface area contributed by atoms with E-state index >= 15 is 0 Å². The molecule has 0 aliphatic heterocycles. The van der Waals surface area contributed by atoms with Crippen LogP contribution in [0.15, 0.2) is 24.4 Å². The van der Waals surface area contributed by atoms with Gasteiger partial charge in [-0.2, -0.15) is 0 Å². The molecule has 3 heteroatoms. The maximum atomic E-state index is 12.9. The van der Waals surface area contributed by atoms with Crippen LogP contribution < -0.4 is 0 Å². The van der Waals surface area contributed by atoms with Crippen LogP contribution in [-0.4, -0.2) is 10.8 Å². The molecule has 0 aliphatic carbocycles. The highest BCUT2D eigenvalue weighted by molar-refractivity contribution is 6.07. The Morgan fingerprint density at radius 2 is 2.29 bits per heavy atom. The number of ketones is 1. The van der Waals surface area contributed by atoms with Crippen molar-refractivity contribution in [1.29, 1.82) is 0 Å². The number of Topliss-reactive ketones (excluding diaryl/α,β-unsaturated/α-hetero) is 1. The van der Waals surface area contributed by atoms with E-state index in [1.54, 1.807) is 19.2 Å². The molecular weight excluding hydrogens is 181 g/mol. The van der Waals surface area contributed by atoms with Crippen molar-refractivity contribution in [2.75, 3.05) is 0 Å². The summed E-state index contributed by atoms with van der Waals surface area (Å²) in [6.45, 7) is 1.79. The van der Waals surface area contributed by atoms with E-state index in [1.165, 1.54) is 12.1 Å². The van der Waals surface area contributed by atoms with Crippen molar-refractivity contribution in [2.24, 2.45) is 0 Å². The van der Waals surface area contributed by atoms with Gasteiger partial charge in [0, 0.05) is 29.1 Å². The first-order chi connectivity index (χ1) is 6.72. The van der Waals surface area contributed by atoms with Gasteiger partial charge >= 0.3 is 0 Å². The van der Waals surface area contributed by atoms with Gasteiger partial charge in [-0.1, -0.05) is 6.92 Å². The van der Waals surface area contributed by atoms with Crippen LogP contribution in [0.1, 0.15) is 23.7 Å². The summed E-state index contributed by atoms with van der Waals surface area (Å²) >= 11 is 0. The first-order valence-electron chi connectivity index (χ1n) is 4.52. The lowest BCUT2D eigenvalue weighted by atomic mass is 10.1. The van der Waals surface area contributed by atoms with E-state index in [1.807, 2.05) is 0 Å². The van der Waals surface area contributed by atoms with Crippen molar-refractivity contribution in [3.8, 4) is 0 Å². The Morgan fingerprint density at radius 1 is 1.50 bits per heavy atom. The standard InChI is InChI=1S/C11H10FNO/c1-2-11(14)9-6-13-10-4-3-7(12)5-8(9)10/h3-6,13H,2H2,1H3. The van der Waals surface area contributed by atoms with Gasteiger partial charge in [-0.25, -0.2) is 4.39 Å². The summed E-state index contributed by atoms with van der Waals surface area (Å²) in [6.07, 6.45) is 2.07. The summed E-state index contributed by atoms with van der Waals surface area (Å²) in [7, 11) is 0. The average Bonchev–Trinajstić information content (AvgIpc) is 2.59. The van der Waals surface area contributed by atoms with Crippen LogP contribution in [-0.2, 0) is 0 Å². The van der Waals surface area contributed by atoms with Gasteiger partial charge in [0.2, 0.25) is 0 Å². The molecule has 0 amide bonds. The normalized spacial score (nSPS) is 10.7. The molecule has 0 bridgehead atoms. The quantitative estimate of drug-likeness (QED) is 0.727. The smallest absolute Gasteiger partial charge is 0.164 e. The minimum absolute atomic E-state index is 0.0295. The van der Waals surface area contributed by atoms with Gasteiger partial charge in [-0.05, 0) is 18.2 Å². The molecule has 2 nitrogen and oxygen atoms in total. The van der Waals surface area contributed by atoms with Gasteiger partial charge in [-0.3, -0.25) is 4.79 Å². The zero-order valence-corrected chi connectivity index (χ0v) is 7.80. The predicted molar refractivity (Wildman–Crippen MR) is 52.9 cm³/mol. The number of aromatic amines is 1. The van der Waals surface area contributed by atoms with E-state index in [9.17, 15) is 9.18 Å². The fraction of sp³-hybridized carbons (Fsp3) is 0.182. The Morgan fingerprint density at radius 3 is 3.00 bits per heavy atom. The Bertz CT molecular complexity index is 487. The average molecular weight is 191 g/mol. The summed E-state index contributed by atoms with van der Waals surface area (Å²) < 4.78 is 12.9.